The fraction of sp³-hybridized carbons (Fsp3) is 0.0909. The van der Waals surface area contributed by atoms with Crippen LogP contribution in [0.1, 0.15) is 0 Å². The van der Waals surface area contributed by atoms with Gasteiger partial charge in [-0.2, -0.15) is 0 Å². The van der Waals surface area contributed by atoms with Crippen LogP contribution in [0.2, 0.25) is 15.3 Å². The standard InChI is InChI=1S/C11H8Cl3N3/c1-17(10-2-3-15-11(14)16-10)9-5-7(12)4-8(13)6-9/h2-6H,1H3. The maximum atomic E-state index is 5.94. The molecule has 0 bridgehead atoms. The fourth-order valence-corrected chi connectivity index (χ4v) is 2.04. The average Bonchev–Trinajstić information content (AvgIpc) is 2.26. The molecular formula is C11H8Cl3N3. The van der Waals surface area contributed by atoms with Crippen LogP contribution in [0.5, 0.6) is 0 Å². The molecular weight excluding hydrogens is 281 g/mol. The molecule has 1 aromatic heterocycles. The van der Waals surface area contributed by atoms with Crippen LogP contribution in [0, 0.1) is 0 Å². The zero-order chi connectivity index (χ0) is 12.4. The minimum absolute atomic E-state index is 0.197. The third-order valence-corrected chi connectivity index (χ3v) is 2.81. The van der Waals surface area contributed by atoms with Crippen LogP contribution in [0.25, 0.3) is 0 Å². The van der Waals surface area contributed by atoms with E-state index in [1.807, 2.05) is 11.9 Å². The first-order valence-corrected chi connectivity index (χ1v) is 5.88. The minimum atomic E-state index is 0.197. The van der Waals surface area contributed by atoms with E-state index in [0.29, 0.717) is 15.9 Å². The van der Waals surface area contributed by atoms with Gasteiger partial charge in [-0.3, -0.25) is 0 Å². The zero-order valence-corrected chi connectivity index (χ0v) is 11.1. The molecule has 0 aliphatic heterocycles. The van der Waals surface area contributed by atoms with Crippen molar-refractivity contribution < 1.29 is 0 Å². The molecule has 0 unspecified atom stereocenters. The van der Waals surface area contributed by atoms with Crippen LogP contribution < -0.4 is 4.90 Å². The third-order valence-electron chi connectivity index (χ3n) is 2.19. The van der Waals surface area contributed by atoms with Crippen molar-refractivity contribution in [3.8, 4) is 0 Å². The number of hydrogen-bond acceptors (Lipinski definition) is 3. The molecule has 1 heterocycles. The summed E-state index contributed by atoms with van der Waals surface area (Å²) in [6, 6.07) is 7.01. The summed E-state index contributed by atoms with van der Waals surface area (Å²) in [5, 5.41) is 1.33. The Labute approximate surface area is 114 Å². The minimum Gasteiger partial charge on any atom is -0.329 e. The molecule has 3 nitrogen and oxygen atoms in total. The quantitative estimate of drug-likeness (QED) is 0.775. The van der Waals surface area contributed by atoms with Crippen molar-refractivity contribution in [3.05, 3.63) is 45.8 Å². The molecule has 6 heteroatoms. The molecule has 0 saturated heterocycles. The highest BCUT2D eigenvalue weighted by Gasteiger charge is 2.08. The second-order valence-corrected chi connectivity index (χ2v) is 4.58. The lowest BCUT2D eigenvalue weighted by molar-refractivity contribution is 1.08. The Bertz CT molecular complexity index is 525. The Morgan fingerprint density at radius 1 is 1.06 bits per heavy atom. The van der Waals surface area contributed by atoms with Gasteiger partial charge in [0.25, 0.3) is 0 Å². The number of rotatable bonds is 2. The highest BCUT2D eigenvalue weighted by atomic mass is 35.5. The van der Waals surface area contributed by atoms with Crippen LogP contribution in [0.15, 0.2) is 30.5 Å². The fourth-order valence-electron chi connectivity index (χ4n) is 1.38. The summed E-state index contributed by atoms with van der Waals surface area (Å²) < 4.78 is 0. The van der Waals surface area contributed by atoms with Crippen molar-refractivity contribution >= 4 is 46.3 Å². The summed E-state index contributed by atoms with van der Waals surface area (Å²) in [6.45, 7) is 0. The van der Waals surface area contributed by atoms with Crippen LogP contribution >= 0.6 is 34.8 Å². The lowest BCUT2D eigenvalue weighted by atomic mass is 10.3. The highest BCUT2D eigenvalue weighted by Crippen LogP contribution is 2.28. The molecule has 17 heavy (non-hydrogen) atoms. The number of nitrogens with zero attached hydrogens (tertiary/aromatic N) is 3. The first-order valence-electron chi connectivity index (χ1n) is 4.74. The molecule has 88 valence electrons. The second kappa shape index (κ2) is 5.08. The smallest absolute Gasteiger partial charge is 0.224 e. The molecule has 0 aliphatic carbocycles. The summed E-state index contributed by atoms with van der Waals surface area (Å²) in [5.74, 6) is 0.670. The van der Waals surface area contributed by atoms with Crippen molar-refractivity contribution in [2.45, 2.75) is 0 Å². The molecule has 0 radical (unpaired) electrons. The number of halogens is 3. The Balaban J connectivity index is 2.39. The van der Waals surface area contributed by atoms with Crippen molar-refractivity contribution in [1.29, 1.82) is 0 Å². The van der Waals surface area contributed by atoms with E-state index >= 15 is 0 Å². The van der Waals surface area contributed by atoms with Crippen LogP contribution in [0.3, 0.4) is 0 Å². The molecule has 2 rings (SSSR count). The van der Waals surface area contributed by atoms with Gasteiger partial charge in [0.1, 0.15) is 5.82 Å². The molecule has 0 amide bonds. The van der Waals surface area contributed by atoms with E-state index in [9.17, 15) is 0 Å². The van der Waals surface area contributed by atoms with Crippen LogP contribution in [-0.2, 0) is 0 Å². The average molecular weight is 289 g/mol. The van der Waals surface area contributed by atoms with Gasteiger partial charge < -0.3 is 4.90 Å². The van der Waals surface area contributed by atoms with E-state index in [-0.39, 0.29) is 5.28 Å². The predicted octanol–water partition coefficient (Wildman–Crippen LogP) is 4.20. The summed E-state index contributed by atoms with van der Waals surface area (Å²) in [6.07, 6.45) is 1.59. The third kappa shape index (κ3) is 3.00. The molecule has 0 atom stereocenters. The largest absolute Gasteiger partial charge is 0.329 e. The van der Waals surface area contributed by atoms with Gasteiger partial charge in [0, 0.05) is 29.0 Å². The summed E-state index contributed by atoms with van der Waals surface area (Å²) >= 11 is 17.6. The maximum Gasteiger partial charge on any atom is 0.224 e. The van der Waals surface area contributed by atoms with Crippen molar-refractivity contribution in [2.75, 3.05) is 11.9 Å². The SMILES string of the molecule is CN(c1cc(Cl)cc(Cl)c1)c1ccnc(Cl)n1. The van der Waals surface area contributed by atoms with E-state index in [0.717, 1.165) is 5.69 Å². The lowest BCUT2D eigenvalue weighted by Gasteiger charge is -2.18. The molecule has 0 saturated carbocycles. The monoisotopic (exact) mass is 287 g/mol. The summed E-state index contributed by atoms with van der Waals surface area (Å²) in [7, 11) is 1.85. The van der Waals surface area contributed by atoms with Gasteiger partial charge >= 0.3 is 0 Å². The summed E-state index contributed by atoms with van der Waals surface area (Å²) in [4.78, 5) is 9.75. The second-order valence-electron chi connectivity index (χ2n) is 3.37. The lowest BCUT2D eigenvalue weighted by Crippen LogP contribution is -2.11. The molecule has 0 spiro atoms. The molecule has 0 fully saturated rings. The zero-order valence-electron chi connectivity index (χ0n) is 8.86. The van der Waals surface area contributed by atoms with E-state index in [1.54, 1.807) is 30.5 Å². The Morgan fingerprint density at radius 3 is 2.29 bits per heavy atom. The molecule has 0 aliphatic rings. The van der Waals surface area contributed by atoms with E-state index < -0.39 is 0 Å². The molecule has 0 N–H and O–H groups in total. The number of anilines is 2. The van der Waals surface area contributed by atoms with Crippen molar-refractivity contribution in [3.63, 3.8) is 0 Å². The predicted molar refractivity (Wildman–Crippen MR) is 71.6 cm³/mol. The van der Waals surface area contributed by atoms with Crippen LogP contribution in [0.4, 0.5) is 11.5 Å². The first kappa shape index (κ1) is 12.4. The number of benzene rings is 1. The van der Waals surface area contributed by atoms with Crippen molar-refractivity contribution in [2.24, 2.45) is 0 Å². The van der Waals surface area contributed by atoms with Gasteiger partial charge in [-0.25, -0.2) is 9.97 Å². The summed E-state index contributed by atoms with van der Waals surface area (Å²) in [5.41, 5.74) is 0.831. The van der Waals surface area contributed by atoms with Gasteiger partial charge in [-0.15, -0.1) is 0 Å². The topological polar surface area (TPSA) is 29.0 Å². The number of aromatic nitrogens is 2. The van der Waals surface area contributed by atoms with E-state index in [4.69, 9.17) is 34.8 Å². The van der Waals surface area contributed by atoms with Gasteiger partial charge in [-0.1, -0.05) is 23.2 Å². The van der Waals surface area contributed by atoms with Crippen molar-refractivity contribution in [1.82, 2.24) is 9.97 Å². The molecule has 2 aromatic rings. The molecule has 1 aromatic carbocycles. The van der Waals surface area contributed by atoms with E-state index in [2.05, 4.69) is 9.97 Å². The normalized spacial score (nSPS) is 10.4. The maximum absolute atomic E-state index is 5.94. The van der Waals surface area contributed by atoms with Crippen LogP contribution in [-0.4, -0.2) is 17.0 Å². The Morgan fingerprint density at radius 2 is 1.71 bits per heavy atom. The van der Waals surface area contributed by atoms with E-state index in [1.165, 1.54) is 0 Å². The van der Waals surface area contributed by atoms with Gasteiger partial charge in [0.2, 0.25) is 5.28 Å². The number of hydrogen-bond donors (Lipinski definition) is 0. The van der Waals surface area contributed by atoms with Gasteiger partial charge in [0.15, 0.2) is 0 Å². The Hall–Kier alpha value is -1.03. The first-order chi connectivity index (χ1) is 8.06. The Kier molecular flexibility index (Phi) is 3.72. The van der Waals surface area contributed by atoms with Gasteiger partial charge in [0.05, 0.1) is 0 Å². The highest BCUT2D eigenvalue weighted by molar-refractivity contribution is 6.35. The van der Waals surface area contributed by atoms with Gasteiger partial charge in [-0.05, 0) is 35.9 Å².